The minimum Gasteiger partial charge on any atom is -0.309 e. The van der Waals surface area contributed by atoms with Crippen LogP contribution in [0.5, 0.6) is 0 Å². The van der Waals surface area contributed by atoms with Gasteiger partial charge in [-0.25, -0.2) is 0 Å². The summed E-state index contributed by atoms with van der Waals surface area (Å²) in [5.41, 5.74) is 1.39. The Hall–Kier alpha value is -1.30. The number of unbranched alkanes of at least 4 members (excludes halogenated alkanes) is 1. The average molecular weight is 242 g/mol. The highest BCUT2D eigenvalue weighted by molar-refractivity contribution is 5.19. The first-order valence-corrected chi connectivity index (χ1v) is 6.84. The summed E-state index contributed by atoms with van der Waals surface area (Å²) in [4.78, 5) is 2.54. The van der Waals surface area contributed by atoms with Gasteiger partial charge in [-0.15, -0.1) is 12.3 Å². The van der Waals surface area contributed by atoms with Gasteiger partial charge in [-0.1, -0.05) is 30.3 Å². The Balaban J connectivity index is 1.93. The summed E-state index contributed by atoms with van der Waals surface area (Å²) in [5, 5.41) is 3.64. The lowest BCUT2D eigenvalue weighted by atomic mass is 10.1. The summed E-state index contributed by atoms with van der Waals surface area (Å²) in [6.45, 7) is 4.50. The number of benzene rings is 1. The molecule has 0 aromatic heterocycles. The first-order chi connectivity index (χ1) is 8.90. The van der Waals surface area contributed by atoms with E-state index >= 15 is 0 Å². The number of rotatable bonds is 4. The van der Waals surface area contributed by atoms with Gasteiger partial charge in [0.15, 0.2) is 0 Å². The van der Waals surface area contributed by atoms with Gasteiger partial charge in [0.2, 0.25) is 0 Å². The lowest BCUT2D eigenvalue weighted by molar-refractivity contribution is 0.267. The molecule has 18 heavy (non-hydrogen) atoms. The average Bonchev–Trinajstić information content (AvgIpc) is 2.66. The van der Waals surface area contributed by atoms with Crippen molar-refractivity contribution in [3.8, 4) is 12.3 Å². The zero-order chi connectivity index (χ0) is 12.6. The van der Waals surface area contributed by atoms with Crippen LogP contribution < -0.4 is 5.32 Å². The van der Waals surface area contributed by atoms with E-state index in [1.165, 1.54) is 18.5 Å². The summed E-state index contributed by atoms with van der Waals surface area (Å²) in [5.74, 6) is 2.72. The highest BCUT2D eigenvalue weighted by Crippen LogP contribution is 2.17. The largest absolute Gasteiger partial charge is 0.309 e. The van der Waals surface area contributed by atoms with Gasteiger partial charge in [0.1, 0.15) is 0 Å². The third-order valence-electron chi connectivity index (χ3n) is 3.48. The van der Waals surface area contributed by atoms with E-state index in [4.69, 9.17) is 6.42 Å². The second-order valence-corrected chi connectivity index (χ2v) is 4.88. The van der Waals surface area contributed by atoms with Crippen LogP contribution in [0, 0.1) is 12.3 Å². The van der Waals surface area contributed by atoms with Crippen LogP contribution in [-0.4, -0.2) is 31.1 Å². The third-order valence-corrected chi connectivity index (χ3v) is 3.48. The highest BCUT2D eigenvalue weighted by atomic mass is 15.2. The minimum atomic E-state index is 0.458. The fourth-order valence-electron chi connectivity index (χ4n) is 2.51. The third kappa shape index (κ3) is 3.87. The lowest BCUT2D eigenvalue weighted by Crippen LogP contribution is -2.32. The molecule has 96 valence electrons. The van der Waals surface area contributed by atoms with Gasteiger partial charge in [-0.2, -0.15) is 0 Å². The number of hydrogen-bond acceptors (Lipinski definition) is 2. The van der Waals surface area contributed by atoms with E-state index < -0.39 is 0 Å². The molecule has 0 spiro atoms. The fraction of sp³-hybridized carbons (Fsp3) is 0.500. The Morgan fingerprint density at radius 3 is 2.94 bits per heavy atom. The van der Waals surface area contributed by atoms with E-state index in [2.05, 4.69) is 46.5 Å². The maximum Gasteiger partial charge on any atom is 0.0449 e. The van der Waals surface area contributed by atoms with E-state index in [0.717, 1.165) is 32.5 Å². The zero-order valence-corrected chi connectivity index (χ0v) is 10.9. The Bertz CT molecular complexity index is 380. The predicted molar refractivity (Wildman–Crippen MR) is 76.3 cm³/mol. The van der Waals surface area contributed by atoms with Gasteiger partial charge < -0.3 is 10.2 Å². The first kappa shape index (κ1) is 13.1. The minimum absolute atomic E-state index is 0.458. The molecule has 1 saturated heterocycles. The summed E-state index contributed by atoms with van der Waals surface area (Å²) < 4.78 is 0. The molecule has 0 radical (unpaired) electrons. The smallest absolute Gasteiger partial charge is 0.0449 e. The van der Waals surface area contributed by atoms with Crippen molar-refractivity contribution in [2.24, 2.45) is 0 Å². The molecule has 1 aromatic carbocycles. The quantitative estimate of drug-likeness (QED) is 0.644. The standard InChI is InChI=1S/C16H22N2/c1-2-3-7-12-18-13-8-11-17-16(14-18)15-9-5-4-6-10-15/h1,4-6,9-10,16-17H,3,7-8,11-14H2. The van der Waals surface area contributed by atoms with Crippen LogP contribution in [0.15, 0.2) is 30.3 Å². The van der Waals surface area contributed by atoms with Crippen molar-refractivity contribution >= 4 is 0 Å². The van der Waals surface area contributed by atoms with Gasteiger partial charge in [-0.05, 0) is 38.0 Å². The van der Waals surface area contributed by atoms with Crippen LogP contribution in [0.4, 0.5) is 0 Å². The molecular weight excluding hydrogens is 220 g/mol. The molecule has 0 amide bonds. The van der Waals surface area contributed by atoms with Crippen LogP contribution in [0.2, 0.25) is 0 Å². The van der Waals surface area contributed by atoms with Crippen LogP contribution >= 0.6 is 0 Å². The zero-order valence-electron chi connectivity index (χ0n) is 10.9. The lowest BCUT2D eigenvalue weighted by Gasteiger charge is -2.24. The van der Waals surface area contributed by atoms with E-state index in [0.29, 0.717) is 6.04 Å². The van der Waals surface area contributed by atoms with Crippen molar-refractivity contribution in [1.29, 1.82) is 0 Å². The monoisotopic (exact) mass is 242 g/mol. The molecule has 1 aliphatic rings. The maximum absolute atomic E-state index is 5.31. The van der Waals surface area contributed by atoms with Crippen molar-refractivity contribution in [3.05, 3.63) is 35.9 Å². The van der Waals surface area contributed by atoms with E-state index in [1.54, 1.807) is 0 Å². The molecule has 1 N–H and O–H groups in total. The Kier molecular flexibility index (Phi) is 5.26. The molecule has 2 nitrogen and oxygen atoms in total. The molecule has 1 atom stereocenters. The van der Waals surface area contributed by atoms with Crippen molar-refractivity contribution < 1.29 is 0 Å². The topological polar surface area (TPSA) is 15.3 Å². The van der Waals surface area contributed by atoms with E-state index in [1.807, 2.05) is 0 Å². The maximum atomic E-state index is 5.31. The molecular formula is C16H22N2. The SMILES string of the molecule is C#CCCCN1CCCNC(c2ccccc2)C1. The second kappa shape index (κ2) is 7.20. The fourth-order valence-corrected chi connectivity index (χ4v) is 2.51. The molecule has 2 rings (SSSR count). The summed E-state index contributed by atoms with van der Waals surface area (Å²) in [7, 11) is 0. The van der Waals surface area contributed by atoms with Crippen LogP contribution in [0.25, 0.3) is 0 Å². The van der Waals surface area contributed by atoms with Crippen LogP contribution in [0.3, 0.4) is 0 Å². The molecule has 0 saturated carbocycles. The summed E-state index contributed by atoms with van der Waals surface area (Å²) >= 11 is 0. The van der Waals surface area contributed by atoms with Crippen LogP contribution in [0.1, 0.15) is 30.9 Å². The number of hydrogen-bond donors (Lipinski definition) is 1. The molecule has 1 aliphatic heterocycles. The van der Waals surface area contributed by atoms with Crippen molar-refractivity contribution in [3.63, 3.8) is 0 Å². The van der Waals surface area contributed by atoms with Gasteiger partial charge in [0.25, 0.3) is 0 Å². The van der Waals surface area contributed by atoms with E-state index in [-0.39, 0.29) is 0 Å². The normalized spacial score (nSPS) is 21.2. The number of terminal acetylenes is 1. The molecule has 2 heteroatoms. The molecule has 1 fully saturated rings. The molecule has 1 aromatic rings. The van der Waals surface area contributed by atoms with Crippen molar-refractivity contribution in [2.75, 3.05) is 26.2 Å². The van der Waals surface area contributed by atoms with E-state index in [9.17, 15) is 0 Å². The molecule has 0 aliphatic carbocycles. The van der Waals surface area contributed by atoms with Crippen LogP contribution in [-0.2, 0) is 0 Å². The molecule has 1 unspecified atom stereocenters. The number of nitrogens with zero attached hydrogens (tertiary/aromatic N) is 1. The predicted octanol–water partition coefficient (Wildman–Crippen LogP) is 2.44. The van der Waals surface area contributed by atoms with Gasteiger partial charge in [-0.3, -0.25) is 0 Å². The Labute approximate surface area is 110 Å². The summed E-state index contributed by atoms with van der Waals surface area (Å²) in [6, 6.07) is 11.2. The molecule has 1 heterocycles. The van der Waals surface area contributed by atoms with Crippen molar-refractivity contribution in [2.45, 2.75) is 25.3 Å². The Morgan fingerprint density at radius 2 is 2.17 bits per heavy atom. The molecule has 0 bridgehead atoms. The van der Waals surface area contributed by atoms with Gasteiger partial charge >= 0.3 is 0 Å². The van der Waals surface area contributed by atoms with Crippen molar-refractivity contribution in [1.82, 2.24) is 10.2 Å². The highest BCUT2D eigenvalue weighted by Gasteiger charge is 2.18. The van der Waals surface area contributed by atoms with Gasteiger partial charge in [0.05, 0.1) is 0 Å². The number of nitrogens with one attached hydrogen (secondary N) is 1. The second-order valence-electron chi connectivity index (χ2n) is 4.88. The summed E-state index contributed by atoms with van der Waals surface area (Å²) in [6.07, 6.45) is 8.53. The Morgan fingerprint density at radius 1 is 1.33 bits per heavy atom. The van der Waals surface area contributed by atoms with Gasteiger partial charge in [0, 0.05) is 19.0 Å². The first-order valence-electron chi connectivity index (χ1n) is 6.84.